The Labute approximate surface area is 143 Å². The van der Waals surface area contributed by atoms with Gasteiger partial charge >= 0.3 is 0 Å². The Kier molecular flexibility index (Phi) is 6.31. The Bertz CT molecular complexity index is 704. The van der Waals surface area contributed by atoms with Crippen molar-refractivity contribution in [2.45, 2.75) is 11.3 Å². The van der Waals surface area contributed by atoms with Gasteiger partial charge in [-0.05, 0) is 36.1 Å². The van der Waals surface area contributed by atoms with Gasteiger partial charge in [0.2, 0.25) is 5.91 Å². The van der Waals surface area contributed by atoms with Crippen molar-refractivity contribution in [2.24, 2.45) is 5.10 Å². The molecule has 6 heteroatoms. The van der Waals surface area contributed by atoms with Gasteiger partial charge < -0.3 is 0 Å². The Morgan fingerprint density at radius 3 is 2.77 bits per heavy atom. The van der Waals surface area contributed by atoms with Crippen molar-refractivity contribution in [3.05, 3.63) is 63.6 Å². The molecule has 0 aromatic heterocycles. The zero-order chi connectivity index (χ0) is 15.9. The highest BCUT2D eigenvalue weighted by atomic mass is 35.5. The molecule has 2 rings (SSSR count). The highest BCUT2D eigenvalue weighted by Crippen LogP contribution is 2.24. The topological polar surface area (TPSA) is 41.5 Å². The van der Waals surface area contributed by atoms with Gasteiger partial charge in [0.05, 0.1) is 12.6 Å². The molecule has 0 aliphatic heterocycles. The molecule has 1 amide bonds. The molecule has 2 aromatic carbocycles. The monoisotopic (exact) mass is 352 g/mol. The van der Waals surface area contributed by atoms with E-state index in [9.17, 15) is 4.79 Å². The minimum absolute atomic E-state index is 0.208. The van der Waals surface area contributed by atoms with Crippen LogP contribution in [-0.2, 0) is 11.2 Å². The first-order valence-electron chi connectivity index (χ1n) is 6.49. The van der Waals surface area contributed by atoms with E-state index < -0.39 is 0 Å². The van der Waals surface area contributed by atoms with Crippen LogP contribution in [0, 0.1) is 0 Å². The number of carbonyl (C=O) groups excluding carboxylic acids is 1. The smallest absolute Gasteiger partial charge is 0.244 e. The molecule has 0 unspecified atom stereocenters. The quantitative estimate of drug-likeness (QED) is 0.492. The zero-order valence-corrected chi connectivity index (χ0v) is 14.2. The van der Waals surface area contributed by atoms with Crippen LogP contribution in [0.4, 0.5) is 0 Å². The minimum atomic E-state index is -0.208. The first-order chi connectivity index (χ1) is 10.6. The molecule has 0 atom stereocenters. The molecule has 0 radical (unpaired) electrons. The van der Waals surface area contributed by atoms with Crippen molar-refractivity contribution in [3.8, 4) is 0 Å². The lowest BCUT2D eigenvalue weighted by Crippen LogP contribution is -2.20. The van der Waals surface area contributed by atoms with E-state index in [1.807, 2.05) is 36.6 Å². The van der Waals surface area contributed by atoms with Gasteiger partial charge in [-0.25, -0.2) is 5.43 Å². The second kappa shape index (κ2) is 8.22. The fraction of sp³-hybridized carbons (Fsp3) is 0.125. The van der Waals surface area contributed by atoms with Gasteiger partial charge in [-0.2, -0.15) is 5.10 Å². The third kappa shape index (κ3) is 4.77. The number of nitrogens with zero attached hydrogens (tertiary/aromatic N) is 1. The number of halogens is 2. The summed E-state index contributed by atoms with van der Waals surface area (Å²) >= 11 is 13.6. The molecule has 0 saturated carbocycles. The van der Waals surface area contributed by atoms with Crippen molar-refractivity contribution >= 4 is 47.1 Å². The van der Waals surface area contributed by atoms with E-state index in [0.29, 0.717) is 10.0 Å². The summed E-state index contributed by atoms with van der Waals surface area (Å²) < 4.78 is 0. The summed E-state index contributed by atoms with van der Waals surface area (Å²) in [6, 6.07) is 12.8. The Hall–Kier alpha value is -1.49. The van der Waals surface area contributed by atoms with Gasteiger partial charge in [0, 0.05) is 20.5 Å². The molecular weight excluding hydrogens is 339 g/mol. The predicted molar refractivity (Wildman–Crippen MR) is 94.1 cm³/mol. The maximum absolute atomic E-state index is 12.0. The van der Waals surface area contributed by atoms with Crippen LogP contribution in [0.1, 0.15) is 11.1 Å². The number of benzene rings is 2. The number of amides is 1. The van der Waals surface area contributed by atoms with Gasteiger partial charge in [-0.3, -0.25) is 4.79 Å². The summed E-state index contributed by atoms with van der Waals surface area (Å²) in [5.41, 5.74) is 4.12. The fourth-order valence-corrected chi connectivity index (χ4v) is 2.83. The van der Waals surface area contributed by atoms with E-state index in [-0.39, 0.29) is 12.3 Å². The minimum Gasteiger partial charge on any atom is -0.273 e. The van der Waals surface area contributed by atoms with Gasteiger partial charge in [0.25, 0.3) is 0 Å². The van der Waals surface area contributed by atoms with Crippen LogP contribution in [0.25, 0.3) is 0 Å². The molecule has 0 aliphatic rings. The average molecular weight is 353 g/mol. The van der Waals surface area contributed by atoms with Crippen LogP contribution in [0.3, 0.4) is 0 Å². The molecule has 0 aliphatic carbocycles. The van der Waals surface area contributed by atoms with E-state index in [0.717, 1.165) is 16.0 Å². The summed E-state index contributed by atoms with van der Waals surface area (Å²) in [5, 5.41) is 5.12. The number of hydrogen-bond donors (Lipinski definition) is 1. The predicted octanol–water partition coefficient (Wildman–Crippen LogP) is 4.41. The van der Waals surface area contributed by atoms with Crippen molar-refractivity contribution in [3.63, 3.8) is 0 Å². The molecule has 2 aromatic rings. The van der Waals surface area contributed by atoms with Crippen molar-refractivity contribution in [2.75, 3.05) is 6.26 Å². The molecule has 3 nitrogen and oxygen atoms in total. The molecule has 1 N–H and O–H groups in total. The number of rotatable bonds is 5. The van der Waals surface area contributed by atoms with Crippen LogP contribution in [0.15, 0.2) is 52.5 Å². The van der Waals surface area contributed by atoms with Crippen LogP contribution in [-0.4, -0.2) is 18.4 Å². The number of nitrogens with one attached hydrogen (secondary N) is 1. The standard InChI is InChI=1S/C16H14Cl2N2OS/c1-22-15-7-6-13(17)8-12(15)9-16(21)20-19-10-11-4-2-3-5-14(11)18/h2-8,10H,9H2,1H3,(H,20,21)/b19-10-. The summed E-state index contributed by atoms with van der Waals surface area (Å²) in [4.78, 5) is 13.0. The first-order valence-corrected chi connectivity index (χ1v) is 8.47. The van der Waals surface area contributed by atoms with Gasteiger partial charge in [-0.15, -0.1) is 11.8 Å². The molecule has 0 spiro atoms. The molecular formula is C16H14Cl2N2OS. The number of hydrogen-bond acceptors (Lipinski definition) is 3. The Morgan fingerprint density at radius 1 is 1.27 bits per heavy atom. The van der Waals surface area contributed by atoms with Crippen LogP contribution < -0.4 is 5.43 Å². The largest absolute Gasteiger partial charge is 0.273 e. The summed E-state index contributed by atoms with van der Waals surface area (Å²) in [7, 11) is 0. The highest BCUT2D eigenvalue weighted by molar-refractivity contribution is 7.98. The highest BCUT2D eigenvalue weighted by Gasteiger charge is 2.08. The van der Waals surface area contributed by atoms with Crippen molar-refractivity contribution in [1.82, 2.24) is 5.43 Å². The second-order valence-electron chi connectivity index (χ2n) is 4.45. The lowest BCUT2D eigenvalue weighted by molar-refractivity contribution is -0.120. The van der Waals surface area contributed by atoms with Gasteiger partial charge in [0.1, 0.15) is 0 Å². The number of hydrazone groups is 1. The molecule has 0 fully saturated rings. The summed E-state index contributed by atoms with van der Waals surface area (Å²) in [5.74, 6) is -0.208. The summed E-state index contributed by atoms with van der Waals surface area (Å²) in [6.45, 7) is 0. The lowest BCUT2D eigenvalue weighted by atomic mass is 10.1. The average Bonchev–Trinajstić information content (AvgIpc) is 2.49. The normalized spacial score (nSPS) is 10.9. The fourth-order valence-electron chi connectivity index (χ4n) is 1.85. The molecule has 22 heavy (non-hydrogen) atoms. The van der Waals surface area contributed by atoms with E-state index in [1.165, 1.54) is 6.21 Å². The van der Waals surface area contributed by atoms with E-state index in [1.54, 1.807) is 23.9 Å². The first kappa shape index (κ1) is 16.9. The SMILES string of the molecule is CSc1ccc(Cl)cc1CC(=O)N/N=C\c1ccccc1Cl. The van der Waals surface area contributed by atoms with Gasteiger partial charge in [-0.1, -0.05) is 41.4 Å². The number of carbonyl (C=O) groups is 1. The molecule has 0 bridgehead atoms. The maximum atomic E-state index is 12.0. The second-order valence-corrected chi connectivity index (χ2v) is 6.14. The molecule has 0 saturated heterocycles. The molecule has 114 valence electrons. The van der Waals surface area contributed by atoms with Crippen LogP contribution in [0.5, 0.6) is 0 Å². The zero-order valence-electron chi connectivity index (χ0n) is 11.8. The third-order valence-electron chi connectivity index (χ3n) is 2.89. The van der Waals surface area contributed by atoms with Crippen LogP contribution in [0.2, 0.25) is 10.0 Å². The molecule has 0 heterocycles. The third-order valence-corrected chi connectivity index (χ3v) is 4.31. The Morgan fingerprint density at radius 2 is 2.05 bits per heavy atom. The summed E-state index contributed by atoms with van der Waals surface area (Å²) in [6.07, 6.45) is 3.70. The van der Waals surface area contributed by atoms with Crippen molar-refractivity contribution in [1.29, 1.82) is 0 Å². The lowest BCUT2D eigenvalue weighted by Gasteiger charge is -2.07. The maximum Gasteiger partial charge on any atom is 0.244 e. The van der Waals surface area contributed by atoms with Crippen molar-refractivity contribution < 1.29 is 4.79 Å². The van der Waals surface area contributed by atoms with E-state index >= 15 is 0 Å². The Balaban J connectivity index is 1.99. The van der Waals surface area contributed by atoms with E-state index in [2.05, 4.69) is 10.5 Å². The number of thioether (sulfide) groups is 1. The van der Waals surface area contributed by atoms with E-state index in [4.69, 9.17) is 23.2 Å². The van der Waals surface area contributed by atoms with Crippen LogP contribution >= 0.6 is 35.0 Å². The van der Waals surface area contributed by atoms with Gasteiger partial charge in [0.15, 0.2) is 0 Å².